The van der Waals surface area contributed by atoms with Gasteiger partial charge in [0.05, 0.1) is 5.54 Å². The standard InChI is InChI=1S/C9H17N3/c1-8-9(2,3)10-6-5-7-11-12(8)4/h5,7,10-11H,1,6H2,2-4H3/b7-5-. The van der Waals surface area contributed by atoms with Crippen LogP contribution >= 0.6 is 0 Å². The molecule has 0 aromatic heterocycles. The topological polar surface area (TPSA) is 27.3 Å². The van der Waals surface area contributed by atoms with Crippen LogP contribution in [0.2, 0.25) is 0 Å². The van der Waals surface area contributed by atoms with Crippen LogP contribution in [-0.4, -0.2) is 24.1 Å². The summed E-state index contributed by atoms with van der Waals surface area (Å²) in [7, 11) is 1.96. The van der Waals surface area contributed by atoms with Crippen molar-refractivity contribution in [2.45, 2.75) is 19.4 Å². The Kier molecular flexibility index (Phi) is 2.43. The Morgan fingerprint density at radius 3 is 2.92 bits per heavy atom. The highest BCUT2D eigenvalue weighted by Crippen LogP contribution is 2.15. The predicted octanol–water partition coefficient (Wildman–Crippen LogP) is 0.832. The maximum Gasteiger partial charge on any atom is 0.0543 e. The third kappa shape index (κ3) is 1.80. The molecule has 0 amide bonds. The first kappa shape index (κ1) is 9.13. The quantitative estimate of drug-likeness (QED) is 0.559. The molecular formula is C9H17N3. The van der Waals surface area contributed by atoms with Crippen molar-refractivity contribution in [1.29, 1.82) is 0 Å². The van der Waals surface area contributed by atoms with E-state index >= 15 is 0 Å². The first-order chi connectivity index (χ1) is 5.54. The summed E-state index contributed by atoms with van der Waals surface area (Å²) in [6.45, 7) is 9.12. The Bertz CT molecular complexity index is 206. The maximum atomic E-state index is 4.02. The minimum atomic E-state index is -0.0491. The zero-order chi connectivity index (χ0) is 9.19. The van der Waals surface area contributed by atoms with Crippen molar-refractivity contribution in [2.24, 2.45) is 0 Å². The molecule has 1 heterocycles. The van der Waals surface area contributed by atoms with Crippen LogP contribution in [0.25, 0.3) is 0 Å². The number of rotatable bonds is 0. The van der Waals surface area contributed by atoms with Gasteiger partial charge in [-0.2, -0.15) is 0 Å². The molecule has 0 aromatic rings. The zero-order valence-electron chi connectivity index (χ0n) is 8.02. The first-order valence-corrected chi connectivity index (χ1v) is 4.13. The van der Waals surface area contributed by atoms with Crippen molar-refractivity contribution in [3.05, 3.63) is 24.6 Å². The average Bonchev–Trinajstić information content (AvgIpc) is 2.00. The van der Waals surface area contributed by atoms with Crippen LogP contribution in [0.15, 0.2) is 24.6 Å². The van der Waals surface area contributed by atoms with Crippen molar-refractivity contribution in [1.82, 2.24) is 15.8 Å². The Morgan fingerprint density at radius 2 is 2.25 bits per heavy atom. The van der Waals surface area contributed by atoms with Gasteiger partial charge in [-0.3, -0.25) is 5.01 Å². The molecule has 0 aliphatic carbocycles. The highest BCUT2D eigenvalue weighted by molar-refractivity contribution is 5.12. The van der Waals surface area contributed by atoms with E-state index in [1.165, 1.54) is 0 Å². The molecule has 0 aromatic carbocycles. The summed E-state index contributed by atoms with van der Waals surface area (Å²) in [5.74, 6) is 0. The second-order valence-corrected chi connectivity index (χ2v) is 3.54. The van der Waals surface area contributed by atoms with Crippen molar-refractivity contribution in [3.63, 3.8) is 0 Å². The summed E-state index contributed by atoms with van der Waals surface area (Å²) in [6, 6.07) is 0. The lowest BCUT2D eigenvalue weighted by Crippen LogP contribution is -2.49. The molecule has 0 spiro atoms. The molecule has 68 valence electrons. The lowest BCUT2D eigenvalue weighted by atomic mass is 10.0. The zero-order valence-corrected chi connectivity index (χ0v) is 8.02. The predicted molar refractivity (Wildman–Crippen MR) is 51.3 cm³/mol. The van der Waals surface area contributed by atoms with E-state index in [-0.39, 0.29) is 5.54 Å². The van der Waals surface area contributed by atoms with E-state index < -0.39 is 0 Å². The van der Waals surface area contributed by atoms with Gasteiger partial charge in [-0.25, -0.2) is 0 Å². The Morgan fingerprint density at radius 1 is 1.58 bits per heavy atom. The second-order valence-electron chi connectivity index (χ2n) is 3.54. The molecule has 0 fully saturated rings. The lowest BCUT2D eigenvalue weighted by molar-refractivity contribution is 0.271. The smallest absolute Gasteiger partial charge is 0.0543 e. The fraction of sp³-hybridized carbons (Fsp3) is 0.556. The van der Waals surface area contributed by atoms with Gasteiger partial charge >= 0.3 is 0 Å². The van der Waals surface area contributed by atoms with Gasteiger partial charge in [-0.1, -0.05) is 12.7 Å². The molecule has 0 saturated heterocycles. The molecule has 2 N–H and O–H groups in total. The van der Waals surface area contributed by atoms with Crippen LogP contribution in [-0.2, 0) is 0 Å². The van der Waals surface area contributed by atoms with E-state index in [2.05, 4.69) is 31.2 Å². The summed E-state index contributed by atoms with van der Waals surface area (Å²) < 4.78 is 0. The molecule has 0 saturated carbocycles. The molecule has 0 radical (unpaired) electrons. The van der Waals surface area contributed by atoms with Crippen molar-refractivity contribution in [2.75, 3.05) is 13.6 Å². The second kappa shape index (κ2) is 3.19. The Labute approximate surface area is 74.1 Å². The number of nitrogens with one attached hydrogen (secondary N) is 2. The fourth-order valence-corrected chi connectivity index (χ4v) is 1.14. The maximum absolute atomic E-state index is 4.02. The highest BCUT2D eigenvalue weighted by atomic mass is 15.5. The number of likely N-dealkylation sites (N-methyl/N-ethyl adjacent to an activating group) is 1. The third-order valence-corrected chi connectivity index (χ3v) is 2.17. The van der Waals surface area contributed by atoms with Crippen LogP contribution in [0.4, 0.5) is 0 Å². The number of hydrazine groups is 1. The van der Waals surface area contributed by atoms with Gasteiger partial charge < -0.3 is 10.7 Å². The minimum Gasteiger partial charge on any atom is -0.306 e. The van der Waals surface area contributed by atoms with Gasteiger partial charge in [-0.05, 0) is 13.8 Å². The summed E-state index contributed by atoms with van der Waals surface area (Å²) in [4.78, 5) is 0. The average molecular weight is 167 g/mol. The van der Waals surface area contributed by atoms with Crippen LogP contribution in [0.1, 0.15) is 13.8 Å². The molecule has 3 nitrogen and oxygen atoms in total. The molecule has 1 rings (SSSR count). The monoisotopic (exact) mass is 167 g/mol. The summed E-state index contributed by atoms with van der Waals surface area (Å²) in [5, 5.41) is 5.29. The summed E-state index contributed by atoms with van der Waals surface area (Å²) in [6.07, 6.45) is 3.96. The van der Waals surface area contributed by atoms with Gasteiger partial charge in [0.15, 0.2) is 0 Å². The molecule has 3 heteroatoms. The van der Waals surface area contributed by atoms with E-state index in [9.17, 15) is 0 Å². The third-order valence-electron chi connectivity index (χ3n) is 2.17. The molecule has 0 atom stereocenters. The normalized spacial score (nSPS) is 25.6. The molecule has 1 aliphatic rings. The van der Waals surface area contributed by atoms with E-state index in [0.29, 0.717) is 0 Å². The molecule has 0 unspecified atom stereocenters. The van der Waals surface area contributed by atoms with Gasteiger partial charge in [0.25, 0.3) is 0 Å². The number of hydrogen-bond donors (Lipinski definition) is 2. The van der Waals surface area contributed by atoms with Crippen molar-refractivity contribution >= 4 is 0 Å². The van der Waals surface area contributed by atoms with E-state index in [1.807, 2.05) is 24.3 Å². The SMILES string of the molecule is C=C1N(C)N/C=C\CNC1(C)C. The number of hydrogen-bond acceptors (Lipinski definition) is 3. The Balaban J connectivity index is 2.79. The lowest BCUT2D eigenvalue weighted by Gasteiger charge is -2.36. The summed E-state index contributed by atoms with van der Waals surface area (Å²) >= 11 is 0. The largest absolute Gasteiger partial charge is 0.306 e. The van der Waals surface area contributed by atoms with Crippen LogP contribution < -0.4 is 10.7 Å². The van der Waals surface area contributed by atoms with Crippen LogP contribution in [0.3, 0.4) is 0 Å². The van der Waals surface area contributed by atoms with Crippen molar-refractivity contribution in [3.8, 4) is 0 Å². The first-order valence-electron chi connectivity index (χ1n) is 4.13. The van der Waals surface area contributed by atoms with Crippen LogP contribution in [0, 0.1) is 0 Å². The molecule has 0 bridgehead atoms. The van der Waals surface area contributed by atoms with Crippen molar-refractivity contribution < 1.29 is 0 Å². The van der Waals surface area contributed by atoms with E-state index in [4.69, 9.17) is 0 Å². The molecular weight excluding hydrogens is 150 g/mol. The van der Waals surface area contributed by atoms with Crippen LogP contribution in [0.5, 0.6) is 0 Å². The van der Waals surface area contributed by atoms with E-state index in [0.717, 1.165) is 12.2 Å². The summed E-state index contributed by atoms with van der Waals surface area (Å²) in [5.41, 5.74) is 4.09. The molecule has 1 aliphatic heterocycles. The number of nitrogens with zero attached hydrogens (tertiary/aromatic N) is 1. The van der Waals surface area contributed by atoms with Gasteiger partial charge in [0.2, 0.25) is 0 Å². The van der Waals surface area contributed by atoms with E-state index in [1.54, 1.807) is 0 Å². The molecule has 12 heavy (non-hydrogen) atoms. The highest BCUT2D eigenvalue weighted by Gasteiger charge is 2.23. The Hall–Kier alpha value is -0.960. The fourth-order valence-electron chi connectivity index (χ4n) is 1.14. The minimum absolute atomic E-state index is 0.0491. The van der Waals surface area contributed by atoms with Gasteiger partial charge in [0.1, 0.15) is 0 Å². The van der Waals surface area contributed by atoms with Gasteiger partial charge in [0, 0.05) is 25.5 Å². The van der Waals surface area contributed by atoms with Gasteiger partial charge in [-0.15, -0.1) is 0 Å².